The summed E-state index contributed by atoms with van der Waals surface area (Å²) in [6.45, 7) is 0. The first kappa shape index (κ1) is 13.8. The van der Waals surface area contributed by atoms with Crippen LogP contribution in [0.15, 0.2) is 40.9 Å². The minimum Gasteiger partial charge on any atom is -0.324 e. The summed E-state index contributed by atoms with van der Waals surface area (Å²) in [6.07, 6.45) is 4.34. The molecular formula is C17H17BrFN. The van der Waals surface area contributed by atoms with Crippen molar-refractivity contribution in [2.75, 3.05) is 0 Å². The minimum absolute atomic E-state index is 0.195. The van der Waals surface area contributed by atoms with E-state index in [2.05, 4.69) is 34.1 Å². The number of fused-ring (bicyclic) bond motifs is 1. The molecule has 1 nitrogen and oxygen atoms in total. The normalized spacial score (nSPS) is 15.2. The highest BCUT2D eigenvalue weighted by Gasteiger charge is 2.15. The number of benzene rings is 2. The van der Waals surface area contributed by atoms with Gasteiger partial charge < -0.3 is 5.73 Å². The molecule has 0 fully saturated rings. The molecule has 0 saturated heterocycles. The SMILES string of the molecule is NC(Cc1ccc2c(c1)CCC2)c1cc(F)ccc1Br. The second kappa shape index (κ2) is 5.66. The van der Waals surface area contributed by atoms with E-state index in [4.69, 9.17) is 5.73 Å². The van der Waals surface area contributed by atoms with Gasteiger partial charge in [-0.25, -0.2) is 4.39 Å². The van der Waals surface area contributed by atoms with Crippen LogP contribution in [0.2, 0.25) is 0 Å². The Morgan fingerprint density at radius 1 is 1.10 bits per heavy atom. The summed E-state index contributed by atoms with van der Waals surface area (Å²) >= 11 is 3.45. The molecule has 1 aliphatic carbocycles. The molecule has 0 aliphatic heterocycles. The molecule has 0 radical (unpaired) electrons. The van der Waals surface area contributed by atoms with Crippen molar-refractivity contribution in [2.24, 2.45) is 5.73 Å². The van der Waals surface area contributed by atoms with Crippen molar-refractivity contribution >= 4 is 15.9 Å². The summed E-state index contributed by atoms with van der Waals surface area (Å²) in [6, 6.07) is 11.1. The van der Waals surface area contributed by atoms with E-state index in [1.165, 1.54) is 48.1 Å². The quantitative estimate of drug-likeness (QED) is 0.889. The molecule has 1 aliphatic rings. The lowest BCUT2D eigenvalue weighted by Crippen LogP contribution is -2.14. The van der Waals surface area contributed by atoms with Crippen molar-refractivity contribution in [1.29, 1.82) is 0 Å². The summed E-state index contributed by atoms with van der Waals surface area (Å²) in [5.41, 5.74) is 11.2. The monoisotopic (exact) mass is 333 g/mol. The fraction of sp³-hybridized carbons (Fsp3) is 0.294. The van der Waals surface area contributed by atoms with Crippen LogP contribution < -0.4 is 5.73 Å². The highest BCUT2D eigenvalue weighted by atomic mass is 79.9. The Balaban J connectivity index is 1.82. The standard InChI is InChI=1S/C17H17BrFN/c18-16-7-6-14(19)10-15(16)17(20)9-11-4-5-12-2-1-3-13(12)8-11/h4-8,10,17H,1-3,9,20H2. The Kier molecular flexibility index (Phi) is 3.90. The van der Waals surface area contributed by atoms with Crippen molar-refractivity contribution in [3.8, 4) is 0 Å². The second-order valence-electron chi connectivity index (χ2n) is 5.43. The first-order valence-corrected chi connectivity index (χ1v) is 7.74. The van der Waals surface area contributed by atoms with E-state index < -0.39 is 0 Å². The Morgan fingerprint density at radius 2 is 1.90 bits per heavy atom. The van der Waals surface area contributed by atoms with Crippen LogP contribution in [0.5, 0.6) is 0 Å². The molecule has 104 valence electrons. The lowest BCUT2D eigenvalue weighted by Gasteiger charge is -2.15. The highest BCUT2D eigenvalue weighted by Crippen LogP contribution is 2.28. The third kappa shape index (κ3) is 2.79. The Bertz CT molecular complexity index is 639. The zero-order chi connectivity index (χ0) is 14.1. The lowest BCUT2D eigenvalue weighted by molar-refractivity contribution is 0.617. The molecule has 0 spiro atoms. The average Bonchev–Trinajstić information content (AvgIpc) is 2.89. The van der Waals surface area contributed by atoms with Gasteiger partial charge in [-0.05, 0) is 66.1 Å². The van der Waals surface area contributed by atoms with E-state index in [9.17, 15) is 4.39 Å². The fourth-order valence-corrected chi connectivity index (χ4v) is 3.46. The van der Waals surface area contributed by atoms with E-state index in [0.717, 1.165) is 16.5 Å². The number of hydrogen-bond donors (Lipinski definition) is 1. The molecular weight excluding hydrogens is 317 g/mol. The van der Waals surface area contributed by atoms with Crippen molar-refractivity contribution in [1.82, 2.24) is 0 Å². The Hall–Kier alpha value is -1.19. The van der Waals surface area contributed by atoms with Gasteiger partial charge in [-0.1, -0.05) is 34.1 Å². The maximum absolute atomic E-state index is 13.3. The maximum Gasteiger partial charge on any atom is 0.123 e. The number of nitrogens with two attached hydrogens (primary N) is 1. The topological polar surface area (TPSA) is 26.0 Å². The molecule has 0 saturated carbocycles. The van der Waals surface area contributed by atoms with Gasteiger partial charge in [0.05, 0.1) is 0 Å². The van der Waals surface area contributed by atoms with E-state index in [-0.39, 0.29) is 11.9 Å². The molecule has 0 bridgehead atoms. The van der Waals surface area contributed by atoms with E-state index in [1.54, 1.807) is 6.07 Å². The van der Waals surface area contributed by atoms with Crippen LogP contribution in [-0.2, 0) is 19.3 Å². The molecule has 3 rings (SSSR count). The van der Waals surface area contributed by atoms with Crippen LogP contribution in [0.4, 0.5) is 4.39 Å². The smallest absolute Gasteiger partial charge is 0.123 e. The molecule has 1 unspecified atom stereocenters. The molecule has 20 heavy (non-hydrogen) atoms. The first-order chi connectivity index (χ1) is 9.63. The van der Waals surface area contributed by atoms with Crippen LogP contribution in [0, 0.1) is 5.82 Å². The number of aryl methyl sites for hydroxylation is 2. The van der Waals surface area contributed by atoms with Gasteiger partial charge in [0.25, 0.3) is 0 Å². The molecule has 2 aromatic carbocycles. The van der Waals surface area contributed by atoms with Gasteiger partial charge in [0.2, 0.25) is 0 Å². The lowest BCUT2D eigenvalue weighted by atomic mass is 9.97. The molecule has 3 heteroatoms. The van der Waals surface area contributed by atoms with Crippen molar-refractivity contribution in [3.05, 3.63) is 68.9 Å². The summed E-state index contributed by atoms with van der Waals surface area (Å²) in [5.74, 6) is -0.243. The molecule has 2 N–H and O–H groups in total. The van der Waals surface area contributed by atoms with Crippen LogP contribution in [0.1, 0.15) is 34.7 Å². The number of halogens is 2. The van der Waals surface area contributed by atoms with E-state index >= 15 is 0 Å². The number of hydrogen-bond acceptors (Lipinski definition) is 1. The minimum atomic E-state index is -0.243. The average molecular weight is 334 g/mol. The van der Waals surface area contributed by atoms with Gasteiger partial charge in [0, 0.05) is 10.5 Å². The summed E-state index contributed by atoms with van der Waals surface area (Å²) in [5, 5.41) is 0. The predicted octanol–water partition coefficient (Wildman–Crippen LogP) is 4.32. The Morgan fingerprint density at radius 3 is 2.75 bits per heavy atom. The first-order valence-electron chi connectivity index (χ1n) is 6.94. The summed E-state index contributed by atoms with van der Waals surface area (Å²) < 4.78 is 14.2. The molecule has 2 aromatic rings. The van der Waals surface area contributed by atoms with Crippen molar-refractivity contribution in [2.45, 2.75) is 31.7 Å². The Labute approximate surface area is 127 Å². The van der Waals surface area contributed by atoms with Crippen LogP contribution in [-0.4, -0.2) is 0 Å². The van der Waals surface area contributed by atoms with Gasteiger partial charge >= 0.3 is 0 Å². The third-order valence-electron chi connectivity index (χ3n) is 3.98. The van der Waals surface area contributed by atoms with Crippen molar-refractivity contribution < 1.29 is 4.39 Å². The van der Waals surface area contributed by atoms with E-state index in [0.29, 0.717) is 0 Å². The van der Waals surface area contributed by atoms with Gasteiger partial charge in [-0.15, -0.1) is 0 Å². The molecule has 0 heterocycles. The molecule has 1 atom stereocenters. The van der Waals surface area contributed by atoms with Gasteiger partial charge in [-0.2, -0.15) is 0 Å². The zero-order valence-electron chi connectivity index (χ0n) is 11.2. The van der Waals surface area contributed by atoms with E-state index in [1.807, 2.05) is 0 Å². The van der Waals surface area contributed by atoms with Gasteiger partial charge in [0.1, 0.15) is 5.82 Å². The highest BCUT2D eigenvalue weighted by molar-refractivity contribution is 9.10. The van der Waals surface area contributed by atoms with Crippen LogP contribution in [0.25, 0.3) is 0 Å². The van der Waals surface area contributed by atoms with Gasteiger partial charge in [-0.3, -0.25) is 0 Å². The van der Waals surface area contributed by atoms with Crippen LogP contribution >= 0.6 is 15.9 Å². The summed E-state index contributed by atoms with van der Waals surface area (Å²) in [7, 11) is 0. The van der Waals surface area contributed by atoms with Crippen LogP contribution in [0.3, 0.4) is 0 Å². The maximum atomic E-state index is 13.3. The number of rotatable bonds is 3. The largest absolute Gasteiger partial charge is 0.324 e. The molecule has 0 aromatic heterocycles. The molecule has 0 amide bonds. The van der Waals surface area contributed by atoms with Crippen molar-refractivity contribution in [3.63, 3.8) is 0 Å². The zero-order valence-corrected chi connectivity index (χ0v) is 12.8. The van der Waals surface area contributed by atoms with Gasteiger partial charge in [0.15, 0.2) is 0 Å². The summed E-state index contributed by atoms with van der Waals surface area (Å²) in [4.78, 5) is 0. The second-order valence-corrected chi connectivity index (χ2v) is 6.29. The predicted molar refractivity (Wildman–Crippen MR) is 83.2 cm³/mol. The third-order valence-corrected chi connectivity index (χ3v) is 4.70. The fourth-order valence-electron chi connectivity index (χ4n) is 2.91.